The molecular formula is C21H22ClN3. The van der Waals surface area contributed by atoms with Crippen LogP contribution in [0.3, 0.4) is 0 Å². The van der Waals surface area contributed by atoms with Gasteiger partial charge in [-0.2, -0.15) is 0 Å². The SMILES string of the molecule is C/C(=C/n1c2c(c3cc(Cl)ccc31)CCN(C)CC2)c1ccncc1. The maximum absolute atomic E-state index is 6.30. The molecule has 0 bridgehead atoms. The number of aromatic nitrogens is 2. The van der Waals surface area contributed by atoms with Crippen molar-refractivity contribution in [3.05, 3.63) is 64.6 Å². The molecule has 1 aromatic carbocycles. The smallest absolute Gasteiger partial charge is 0.0529 e. The Morgan fingerprint density at radius 1 is 1.12 bits per heavy atom. The lowest BCUT2D eigenvalue weighted by Crippen LogP contribution is -2.21. The number of rotatable bonds is 2. The third kappa shape index (κ3) is 3.10. The van der Waals surface area contributed by atoms with Crippen LogP contribution in [-0.2, 0) is 12.8 Å². The Labute approximate surface area is 153 Å². The Kier molecular flexibility index (Phi) is 4.36. The lowest BCUT2D eigenvalue weighted by atomic mass is 10.1. The van der Waals surface area contributed by atoms with Crippen molar-refractivity contribution in [2.24, 2.45) is 0 Å². The molecular weight excluding hydrogens is 330 g/mol. The molecule has 0 spiro atoms. The number of halogens is 1. The van der Waals surface area contributed by atoms with E-state index < -0.39 is 0 Å². The lowest BCUT2D eigenvalue weighted by Gasteiger charge is -2.13. The maximum Gasteiger partial charge on any atom is 0.0529 e. The second-order valence-electron chi connectivity index (χ2n) is 6.81. The first kappa shape index (κ1) is 16.4. The van der Waals surface area contributed by atoms with Crippen molar-refractivity contribution in [3.63, 3.8) is 0 Å². The summed E-state index contributed by atoms with van der Waals surface area (Å²) in [6.07, 6.45) is 8.07. The first-order valence-corrected chi connectivity index (χ1v) is 9.10. The fraction of sp³-hybridized carbons (Fsp3) is 0.286. The second-order valence-corrected chi connectivity index (χ2v) is 7.24. The Balaban J connectivity index is 1.91. The summed E-state index contributed by atoms with van der Waals surface area (Å²) in [4.78, 5) is 6.52. The van der Waals surface area contributed by atoms with Gasteiger partial charge >= 0.3 is 0 Å². The molecule has 1 aliphatic heterocycles. The summed E-state index contributed by atoms with van der Waals surface area (Å²) in [5.74, 6) is 0. The maximum atomic E-state index is 6.30. The van der Waals surface area contributed by atoms with Crippen molar-refractivity contribution < 1.29 is 0 Å². The van der Waals surface area contributed by atoms with Gasteiger partial charge in [-0.15, -0.1) is 0 Å². The predicted molar refractivity (Wildman–Crippen MR) is 106 cm³/mol. The number of benzene rings is 1. The van der Waals surface area contributed by atoms with Crippen LogP contribution >= 0.6 is 11.6 Å². The number of hydrogen-bond donors (Lipinski definition) is 0. The van der Waals surface area contributed by atoms with Crippen LogP contribution in [0.2, 0.25) is 5.02 Å². The highest BCUT2D eigenvalue weighted by molar-refractivity contribution is 6.31. The molecule has 4 rings (SSSR count). The highest BCUT2D eigenvalue weighted by Gasteiger charge is 2.20. The molecule has 0 N–H and O–H groups in total. The molecule has 0 amide bonds. The van der Waals surface area contributed by atoms with Gasteiger partial charge in [0.25, 0.3) is 0 Å². The highest BCUT2D eigenvalue weighted by atomic mass is 35.5. The predicted octanol–water partition coefficient (Wildman–Crippen LogP) is 4.74. The number of allylic oxidation sites excluding steroid dienone is 1. The number of fused-ring (bicyclic) bond motifs is 3. The van der Waals surface area contributed by atoms with Crippen molar-refractivity contribution >= 4 is 34.3 Å². The van der Waals surface area contributed by atoms with Crippen molar-refractivity contribution in [1.82, 2.24) is 14.5 Å². The Morgan fingerprint density at radius 3 is 2.68 bits per heavy atom. The van der Waals surface area contributed by atoms with Crippen LogP contribution in [0.1, 0.15) is 23.7 Å². The average Bonchev–Trinajstić information content (AvgIpc) is 2.76. The van der Waals surface area contributed by atoms with Crippen molar-refractivity contribution in [3.8, 4) is 0 Å². The van der Waals surface area contributed by atoms with E-state index in [0.29, 0.717) is 0 Å². The van der Waals surface area contributed by atoms with E-state index in [2.05, 4.69) is 58.9 Å². The first-order chi connectivity index (χ1) is 12.1. The quantitative estimate of drug-likeness (QED) is 0.665. The lowest BCUT2D eigenvalue weighted by molar-refractivity contribution is 0.351. The summed E-state index contributed by atoms with van der Waals surface area (Å²) in [6.45, 7) is 4.33. The monoisotopic (exact) mass is 351 g/mol. The van der Waals surface area contributed by atoms with Gasteiger partial charge in [0.05, 0.1) is 5.52 Å². The largest absolute Gasteiger partial charge is 0.320 e. The normalized spacial score (nSPS) is 16.0. The van der Waals surface area contributed by atoms with E-state index in [-0.39, 0.29) is 0 Å². The molecule has 0 radical (unpaired) electrons. The molecule has 0 saturated heterocycles. The van der Waals surface area contributed by atoms with E-state index in [0.717, 1.165) is 31.0 Å². The molecule has 0 unspecified atom stereocenters. The van der Waals surface area contributed by atoms with Gasteiger partial charge in [-0.3, -0.25) is 4.98 Å². The molecule has 128 valence electrons. The summed E-state index contributed by atoms with van der Waals surface area (Å²) in [5, 5.41) is 2.09. The summed E-state index contributed by atoms with van der Waals surface area (Å²) in [6, 6.07) is 10.4. The van der Waals surface area contributed by atoms with Gasteiger partial charge in [-0.25, -0.2) is 0 Å². The number of hydrogen-bond acceptors (Lipinski definition) is 2. The summed E-state index contributed by atoms with van der Waals surface area (Å²) < 4.78 is 2.37. The Morgan fingerprint density at radius 2 is 1.88 bits per heavy atom. The zero-order valence-corrected chi connectivity index (χ0v) is 15.4. The van der Waals surface area contributed by atoms with Gasteiger partial charge < -0.3 is 9.47 Å². The van der Waals surface area contributed by atoms with Crippen LogP contribution in [0.25, 0.3) is 22.7 Å². The molecule has 0 fully saturated rings. The zero-order chi connectivity index (χ0) is 17.4. The number of nitrogens with zero attached hydrogens (tertiary/aromatic N) is 3. The Hall–Kier alpha value is -2.10. The molecule has 3 heterocycles. The van der Waals surface area contributed by atoms with Crippen LogP contribution in [-0.4, -0.2) is 34.6 Å². The van der Waals surface area contributed by atoms with Gasteiger partial charge in [-0.1, -0.05) is 11.6 Å². The van der Waals surface area contributed by atoms with Gasteiger partial charge in [0.2, 0.25) is 0 Å². The molecule has 0 aliphatic carbocycles. The van der Waals surface area contributed by atoms with Crippen molar-refractivity contribution in [1.29, 1.82) is 0 Å². The highest BCUT2D eigenvalue weighted by Crippen LogP contribution is 2.32. The summed E-state index contributed by atoms with van der Waals surface area (Å²) >= 11 is 6.30. The summed E-state index contributed by atoms with van der Waals surface area (Å²) in [5.41, 5.74) is 6.53. The van der Waals surface area contributed by atoms with Crippen molar-refractivity contribution in [2.45, 2.75) is 19.8 Å². The Bertz CT molecular complexity index is 941. The zero-order valence-electron chi connectivity index (χ0n) is 14.7. The third-order valence-corrected chi connectivity index (χ3v) is 5.35. The topological polar surface area (TPSA) is 21.1 Å². The van der Waals surface area contributed by atoms with Crippen LogP contribution in [0.15, 0.2) is 42.7 Å². The average molecular weight is 352 g/mol. The fourth-order valence-electron chi connectivity index (χ4n) is 3.70. The third-order valence-electron chi connectivity index (χ3n) is 5.11. The van der Waals surface area contributed by atoms with Crippen LogP contribution < -0.4 is 0 Å². The summed E-state index contributed by atoms with van der Waals surface area (Å²) in [7, 11) is 2.20. The first-order valence-electron chi connectivity index (χ1n) is 8.72. The van der Waals surface area contributed by atoms with E-state index in [1.54, 1.807) is 0 Å². The van der Waals surface area contributed by atoms with Gasteiger partial charge in [0, 0.05) is 54.2 Å². The molecule has 4 heteroatoms. The van der Waals surface area contributed by atoms with Gasteiger partial charge in [0.1, 0.15) is 0 Å². The van der Waals surface area contributed by atoms with Crippen molar-refractivity contribution in [2.75, 3.05) is 20.1 Å². The van der Waals surface area contributed by atoms with Gasteiger partial charge in [0.15, 0.2) is 0 Å². The fourth-order valence-corrected chi connectivity index (χ4v) is 3.87. The van der Waals surface area contributed by atoms with Gasteiger partial charge in [-0.05, 0) is 67.4 Å². The minimum atomic E-state index is 0.805. The van der Waals surface area contributed by atoms with Crippen LogP contribution in [0.5, 0.6) is 0 Å². The van der Waals surface area contributed by atoms with E-state index >= 15 is 0 Å². The molecule has 3 aromatic rings. The van der Waals surface area contributed by atoms with Crippen LogP contribution in [0.4, 0.5) is 0 Å². The minimum absolute atomic E-state index is 0.805. The minimum Gasteiger partial charge on any atom is -0.320 e. The van der Waals surface area contributed by atoms with Crippen LogP contribution in [0, 0.1) is 0 Å². The van der Waals surface area contributed by atoms with E-state index in [1.165, 1.54) is 33.3 Å². The standard InChI is InChI=1S/C21H22ClN3/c1-15(16-5-9-23-10-6-16)14-25-20-4-3-17(22)13-19(20)18-7-11-24(2)12-8-21(18)25/h3-6,9-10,13-14H,7-8,11-12H2,1-2H3/b15-14-. The number of pyridine rings is 1. The van der Waals surface area contributed by atoms with E-state index in [9.17, 15) is 0 Å². The molecule has 0 atom stereocenters. The second kappa shape index (κ2) is 6.66. The molecule has 3 nitrogen and oxygen atoms in total. The van der Waals surface area contributed by atoms with E-state index in [4.69, 9.17) is 11.6 Å². The molecule has 2 aromatic heterocycles. The molecule has 1 aliphatic rings. The molecule has 25 heavy (non-hydrogen) atoms. The number of likely N-dealkylation sites (N-methyl/N-ethyl adjacent to an activating group) is 1. The van der Waals surface area contributed by atoms with E-state index in [1.807, 2.05) is 18.5 Å². The molecule has 0 saturated carbocycles.